The summed E-state index contributed by atoms with van der Waals surface area (Å²) in [6, 6.07) is 6.74. The van der Waals surface area contributed by atoms with Crippen LogP contribution < -0.4 is 9.03 Å². The van der Waals surface area contributed by atoms with E-state index in [0.717, 1.165) is 9.87 Å². The fraction of sp³-hybridized carbons (Fsp3) is 0.462. The normalized spacial score (nSPS) is 18.9. The van der Waals surface area contributed by atoms with Gasteiger partial charge in [-0.15, -0.1) is 0 Å². The van der Waals surface area contributed by atoms with E-state index in [-0.39, 0.29) is 12.6 Å². The van der Waals surface area contributed by atoms with Crippen molar-refractivity contribution < 1.29 is 18.3 Å². The Morgan fingerprint density at radius 2 is 2.05 bits per heavy atom. The number of hydrogen-bond acceptors (Lipinski definition) is 3. The quantitative estimate of drug-likeness (QED) is 0.868. The zero-order valence-corrected chi connectivity index (χ0v) is 12.2. The second-order valence-corrected chi connectivity index (χ2v) is 6.80. The SMILES string of the molecule is CC(C)NS(=O)(=O)N1CC(C(=O)O)Cc2ccccc21. The van der Waals surface area contributed by atoms with E-state index in [1.54, 1.807) is 38.1 Å². The zero-order chi connectivity index (χ0) is 14.9. The van der Waals surface area contributed by atoms with Crippen LogP contribution in [0.3, 0.4) is 0 Å². The fourth-order valence-corrected chi connectivity index (χ4v) is 3.85. The second kappa shape index (κ2) is 5.41. The second-order valence-electron chi connectivity index (χ2n) is 5.18. The molecule has 0 bridgehead atoms. The molecule has 1 heterocycles. The van der Waals surface area contributed by atoms with Gasteiger partial charge in [0.25, 0.3) is 0 Å². The van der Waals surface area contributed by atoms with Crippen molar-refractivity contribution in [3.05, 3.63) is 29.8 Å². The molecule has 20 heavy (non-hydrogen) atoms. The summed E-state index contributed by atoms with van der Waals surface area (Å²) >= 11 is 0. The molecule has 0 radical (unpaired) electrons. The van der Waals surface area contributed by atoms with Crippen LogP contribution >= 0.6 is 0 Å². The van der Waals surface area contributed by atoms with Gasteiger partial charge in [-0.05, 0) is 31.9 Å². The van der Waals surface area contributed by atoms with Gasteiger partial charge in [0, 0.05) is 12.6 Å². The number of nitrogens with one attached hydrogen (secondary N) is 1. The van der Waals surface area contributed by atoms with E-state index in [1.165, 1.54) is 0 Å². The Labute approximate surface area is 118 Å². The van der Waals surface area contributed by atoms with Crippen molar-refractivity contribution in [3.8, 4) is 0 Å². The van der Waals surface area contributed by atoms with Gasteiger partial charge in [-0.25, -0.2) is 0 Å². The van der Waals surface area contributed by atoms with E-state index in [0.29, 0.717) is 12.1 Å². The average Bonchev–Trinajstić information content (AvgIpc) is 2.35. The highest BCUT2D eigenvalue weighted by molar-refractivity contribution is 7.90. The maximum Gasteiger partial charge on any atom is 0.308 e. The number of hydrogen-bond donors (Lipinski definition) is 2. The van der Waals surface area contributed by atoms with Crippen LogP contribution in [0.4, 0.5) is 5.69 Å². The van der Waals surface area contributed by atoms with Gasteiger partial charge in [-0.1, -0.05) is 18.2 Å². The van der Waals surface area contributed by atoms with E-state index in [4.69, 9.17) is 0 Å². The Kier molecular flexibility index (Phi) is 4.01. The molecule has 0 fully saturated rings. The molecule has 1 aliphatic heterocycles. The van der Waals surface area contributed by atoms with Crippen LogP contribution in [0.2, 0.25) is 0 Å². The summed E-state index contributed by atoms with van der Waals surface area (Å²) in [5.41, 5.74) is 1.29. The van der Waals surface area contributed by atoms with Crippen molar-refractivity contribution in [1.82, 2.24) is 4.72 Å². The van der Waals surface area contributed by atoms with Gasteiger partial charge in [-0.2, -0.15) is 13.1 Å². The molecule has 1 unspecified atom stereocenters. The van der Waals surface area contributed by atoms with Crippen LogP contribution in [0, 0.1) is 5.92 Å². The molecule has 1 aliphatic rings. The summed E-state index contributed by atoms with van der Waals surface area (Å²) in [4.78, 5) is 11.2. The van der Waals surface area contributed by atoms with E-state index < -0.39 is 22.1 Å². The molecule has 1 atom stereocenters. The zero-order valence-electron chi connectivity index (χ0n) is 11.4. The number of aliphatic carboxylic acids is 1. The van der Waals surface area contributed by atoms with Gasteiger partial charge in [0.1, 0.15) is 0 Å². The van der Waals surface area contributed by atoms with Gasteiger partial charge in [-0.3, -0.25) is 9.10 Å². The topological polar surface area (TPSA) is 86.7 Å². The molecule has 0 aliphatic carbocycles. The minimum atomic E-state index is -3.74. The molecule has 110 valence electrons. The summed E-state index contributed by atoms with van der Waals surface area (Å²) in [5.74, 6) is -1.71. The van der Waals surface area contributed by atoms with Gasteiger partial charge >= 0.3 is 16.2 Å². The predicted molar refractivity (Wildman–Crippen MR) is 75.8 cm³/mol. The lowest BCUT2D eigenvalue weighted by Crippen LogP contribution is -2.49. The first kappa shape index (κ1) is 14.8. The summed E-state index contributed by atoms with van der Waals surface area (Å²) in [6.45, 7) is 3.40. The monoisotopic (exact) mass is 298 g/mol. The molecular formula is C13H18N2O4S. The van der Waals surface area contributed by atoms with Crippen molar-refractivity contribution in [2.24, 2.45) is 5.92 Å². The molecule has 2 rings (SSSR count). The van der Waals surface area contributed by atoms with Crippen molar-refractivity contribution in [1.29, 1.82) is 0 Å². The Morgan fingerprint density at radius 3 is 2.65 bits per heavy atom. The number of carboxylic acid groups (broad SMARTS) is 1. The van der Waals surface area contributed by atoms with Crippen LogP contribution in [-0.2, 0) is 21.4 Å². The van der Waals surface area contributed by atoms with Crippen LogP contribution in [0.15, 0.2) is 24.3 Å². The number of para-hydroxylation sites is 1. The van der Waals surface area contributed by atoms with E-state index in [1.807, 2.05) is 0 Å². The highest BCUT2D eigenvalue weighted by Gasteiger charge is 2.35. The van der Waals surface area contributed by atoms with Crippen molar-refractivity contribution in [2.45, 2.75) is 26.3 Å². The lowest BCUT2D eigenvalue weighted by Gasteiger charge is -2.34. The molecule has 0 amide bonds. The summed E-state index contributed by atoms with van der Waals surface area (Å²) in [6.07, 6.45) is 0.346. The number of fused-ring (bicyclic) bond motifs is 1. The largest absolute Gasteiger partial charge is 0.481 e. The molecule has 0 saturated carbocycles. The van der Waals surface area contributed by atoms with Gasteiger partial charge in [0.15, 0.2) is 0 Å². The maximum atomic E-state index is 12.3. The predicted octanol–water partition coefficient (Wildman–Crippen LogP) is 0.993. The number of carbonyl (C=O) groups is 1. The molecule has 0 spiro atoms. The van der Waals surface area contributed by atoms with Crippen LogP contribution in [0.1, 0.15) is 19.4 Å². The first-order valence-corrected chi connectivity index (χ1v) is 7.86. The van der Waals surface area contributed by atoms with Gasteiger partial charge in [0.2, 0.25) is 0 Å². The number of benzene rings is 1. The first-order valence-electron chi connectivity index (χ1n) is 6.42. The molecule has 1 aromatic carbocycles. The molecule has 0 saturated heterocycles. The smallest absolute Gasteiger partial charge is 0.308 e. The van der Waals surface area contributed by atoms with Crippen molar-refractivity contribution >= 4 is 21.9 Å². The minimum Gasteiger partial charge on any atom is -0.481 e. The molecule has 1 aromatic rings. The number of rotatable bonds is 4. The third-order valence-electron chi connectivity index (χ3n) is 3.14. The van der Waals surface area contributed by atoms with E-state index in [2.05, 4.69) is 4.72 Å². The Morgan fingerprint density at radius 1 is 1.40 bits per heavy atom. The molecule has 2 N–H and O–H groups in total. The lowest BCUT2D eigenvalue weighted by atomic mass is 9.94. The number of carboxylic acids is 1. The minimum absolute atomic E-state index is 0.0472. The summed E-state index contributed by atoms with van der Waals surface area (Å²) in [5, 5.41) is 9.19. The van der Waals surface area contributed by atoms with Gasteiger partial charge < -0.3 is 5.11 Å². The number of nitrogens with zero attached hydrogens (tertiary/aromatic N) is 1. The van der Waals surface area contributed by atoms with Crippen molar-refractivity contribution in [3.63, 3.8) is 0 Å². The Balaban J connectivity index is 2.44. The van der Waals surface area contributed by atoms with Gasteiger partial charge in [0.05, 0.1) is 11.6 Å². The average molecular weight is 298 g/mol. The van der Waals surface area contributed by atoms with Crippen molar-refractivity contribution in [2.75, 3.05) is 10.8 Å². The summed E-state index contributed by atoms with van der Waals surface area (Å²) in [7, 11) is -3.74. The molecule has 7 heteroatoms. The summed E-state index contributed by atoms with van der Waals surface area (Å²) < 4.78 is 28.3. The molecule has 6 nitrogen and oxygen atoms in total. The first-order chi connectivity index (χ1) is 9.31. The third kappa shape index (κ3) is 2.94. The maximum absolute atomic E-state index is 12.3. The highest BCUT2D eigenvalue weighted by atomic mass is 32.2. The molecular weight excluding hydrogens is 280 g/mol. The number of anilines is 1. The van der Waals surface area contributed by atoms with Crippen LogP contribution in [0.25, 0.3) is 0 Å². The van der Waals surface area contributed by atoms with E-state index in [9.17, 15) is 18.3 Å². The Bertz CT molecular complexity index is 613. The van der Waals surface area contributed by atoms with Crippen LogP contribution in [0.5, 0.6) is 0 Å². The standard InChI is InChI=1S/C13H18N2O4S/c1-9(2)14-20(18,19)15-8-11(13(16)17)7-10-5-3-4-6-12(10)15/h3-6,9,11,14H,7-8H2,1-2H3,(H,16,17). The highest BCUT2D eigenvalue weighted by Crippen LogP contribution is 2.31. The molecule has 0 aromatic heterocycles. The fourth-order valence-electron chi connectivity index (χ4n) is 2.31. The third-order valence-corrected chi connectivity index (χ3v) is 4.83. The lowest BCUT2D eigenvalue weighted by molar-refractivity contribution is -0.141. The van der Waals surface area contributed by atoms with E-state index >= 15 is 0 Å². The Hall–Kier alpha value is -1.60. The van der Waals surface area contributed by atoms with Crippen LogP contribution in [-0.4, -0.2) is 32.1 Å².